The Balaban J connectivity index is 2.00. The Morgan fingerprint density at radius 1 is 1.20 bits per heavy atom. The summed E-state index contributed by atoms with van der Waals surface area (Å²) in [6.45, 7) is 1.80. The van der Waals surface area contributed by atoms with Gasteiger partial charge in [0.15, 0.2) is 5.78 Å². The molecule has 3 rings (SSSR count). The standard InChI is InChI=1S/C15H14ClN3O/c1-8-14-12(19-15(17)18-8)6-10(7-13(14)20)9-2-4-11(16)5-3-9/h2-5,10H,6-7H2,1H3,(H2,17,18,19). The molecule has 2 aromatic rings. The average molecular weight is 288 g/mol. The second kappa shape index (κ2) is 4.87. The van der Waals surface area contributed by atoms with Crippen molar-refractivity contribution in [2.24, 2.45) is 0 Å². The van der Waals surface area contributed by atoms with Crippen molar-refractivity contribution < 1.29 is 4.79 Å². The topological polar surface area (TPSA) is 68.9 Å². The number of anilines is 1. The fraction of sp³-hybridized carbons (Fsp3) is 0.267. The number of benzene rings is 1. The van der Waals surface area contributed by atoms with Crippen LogP contribution in [-0.4, -0.2) is 15.8 Å². The van der Waals surface area contributed by atoms with Crippen LogP contribution in [0.4, 0.5) is 5.95 Å². The zero-order valence-corrected chi connectivity index (χ0v) is 11.8. The van der Waals surface area contributed by atoms with Gasteiger partial charge in [-0.25, -0.2) is 9.97 Å². The first-order valence-electron chi connectivity index (χ1n) is 6.46. The van der Waals surface area contributed by atoms with Gasteiger partial charge in [0.05, 0.1) is 17.0 Å². The number of carbonyl (C=O) groups excluding carboxylic acids is 1. The largest absolute Gasteiger partial charge is 0.368 e. The maximum absolute atomic E-state index is 12.3. The van der Waals surface area contributed by atoms with Crippen molar-refractivity contribution in [1.29, 1.82) is 0 Å². The van der Waals surface area contributed by atoms with Crippen molar-refractivity contribution in [2.75, 3.05) is 5.73 Å². The molecule has 1 heterocycles. The lowest BCUT2D eigenvalue weighted by atomic mass is 9.81. The Hall–Kier alpha value is -1.94. The highest BCUT2D eigenvalue weighted by Crippen LogP contribution is 2.33. The number of aromatic nitrogens is 2. The van der Waals surface area contributed by atoms with Crippen molar-refractivity contribution in [3.8, 4) is 0 Å². The van der Waals surface area contributed by atoms with Gasteiger partial charge in [-0.05, 0) is 37.0 Å². The molecule has 20 heavy (non-hydrogen) atoms. The van der Waals surface area contributed by atoms with Crippen molar-refractivity contribution in [1.82, 2.24) is 9.97 Å². The first-order chi connectivity index (χ1) is 9.54. The van der Waals surface area contributed by atoms with Crippen LogP contribution in [0.5, 0.6) is 0 Å². The van der Waals surface area contributed by atoms with Gasteiger partial charge in [0, 0.05) is 11.4 Å². The molecule has 1 aliphatic carbocycles. The van der Waals surface area contributed by atoms with Crippen LogP contribution >= 0.6 is 11.6 Å². The summed E-state index contributed by atoms with van der Waals surface area (Å²) in [5, 5.41) is 0.693. The van der Waals surface area contributed by atoms with Crippen molar-refractivity contribution in [3.05, 3.63) is 51.8 Å². The number of fused-ring (bicyclic) bond motifs is 1. The van der Waals surface area contributed by atoms with Gasteiger partial charge in [-0.2, -0.15) is 0 Å². The van der Waals surface area contributed by atoms with Gasteiger partial charge in [-0.1, -0.05) is 23.7 Å². The number of nitrogens with zero attached hydrogens (tertiary/aromatic N) is 2. The fourth-order valence-electron chi connectivity index (χ4n) is 2.77. The third-order valence-electron chi connectivity index (χ3n) is 3.67. The lowest BCUT2D eigenvalue weighted by molar-refractivity contribution is 0.0962. The molecular weight excluding hydrogens is 274 g/mol. The molecule has 0 fully saturated rings. The van der Waals surface area contributed by atoms with Crippen LogP contribution in [0.1, 0.15) is 39.6 Å². The van der Waals surface area contributed by atoms with E-state index in [1.165, 1.54) is 0 Å². The number of hydrogen-bond donors (Lipinski definition) is 1. The van der Waals surface area contributed by atoms with E-state index in [0.717, 1.165) is 11.3 Å². The number of halogens is 1. The Bertz CT molecular complexity index is 682. The van der Waals surface area contributed by atoms with Crippen molar-refractivity contribution >= 4 is 23.3 Å². The molecule has 0 saturated carbocycles. The molecule has 1 unspecified atom stereocenters. The maximum Gasteiger partial charge on any atom is 0.220 e. The third-order valence-corrected chi connectivity index (χ3v) is 3.93. The number of nitrogen functional groups attached to an aromatic ring is 1. The van der Waals surface area contributed by atoms with E-state index in [4.69, 9.17) is 17.3 Å². The summed E-state index contributed by atoms with van der Waals surface area (Å²) in [6.07, 6.45) is 1.18. The quantitative estimate of drug-likeness (QED) is 0.875. The van der Waals surface area contributed by atoms with Crippen molar-refractivity contribution in [2.45, 2.75) is 25.7 Å². The van der Waals surface area contributed by atoms with Crippen molar-refractivity contribution in [3.63, 3.8) is 0 Å². The summed E-state index contributed by atoms with van der Waals surface area (Å²) in [7, 11) is 0. The molecule has 4 nitrogen and oxygen atoms in total. The predicted molar refractivity (Wildman–Crippen MR) is 78.0 cm³/mol. The molecule has 1 aromatic carbocycles. The lowest BCUT2D eigenvalue weighted by Crippen LogP contribution is -2.22. The molecule has 0 bridgehead atoms. The summed E-state index contributed by atoms with van der Waals surface area (Å²) in [5.74, 6) is 0.440. The minimum absolute atomic E-state index is 0.0868. The summed E-state index contributed by atoms with van der Waals surface area (Å²) < 4.78 is 0. The first-order valence-corrected chi connectivity index (χ1v) is 6.84. The lowest BCUT2D eigenvalue weighted by Gasteiger charge is -2.24. The zero-order valence-electron chi connectivity index (χ0n) is 11.1. The van der Waals surface area contributed by atoms with E-state index in [9.17, 15) is 4.79 Å². The van der Waals surface area contributed by atoms with E-state index in [-0.39, 0.29) is 17.6 Å². The number of Topliss-reactive ketones (excluding diaryl/α,β-unsaturated/α-hetero) is 1. The molecule has 102 valence electrons. The normalized spacial score (nSPS) is 17.9. The predicted octanol–water partition coefficient (Wildman–Crippen LogP) is 2.93. The van der Waals surface area contributed by atoms with Gasteiger partial charge in [0.25, 0.3) is 0 Å². The molecule has 0 saturated heterocycles. The highest BCUT2D eigenvalue weighted by atomic mass is 35.5. The molecule has 1 aromatic heterocycles. The van der Waals surface area contributed by atoms with Gasteiger partial charge in [0.2, 0.25) is 5.95 Å². The Morgan fingerprint density at radius 3 is 2.60 bits per heavy atom. The molecule has 1 aliphatic rings. The Labute approximate surface area is 122 Å². The van der Waals surface area contributed by atoms with E-state index in [0.29, 0.717) is 29.1 Å². The fourth-order valence-corrected chi connectivity index (χ4v) is 2.89. The first kappa shape index (κ1) is 13.1. The summed E-state index contributed by atoms with van der Waals surface area (Å²) in [4.78, 5) is 20.6. The maximum atomic E-state index is 12.3. The SMILES string of the molecule is Cc1nc(N)nc2c1C(=O)CC(c1ccc(Cl)cc1)C2. The highest BCUT2D eigenvalue weighted by Gasteiger charge is 2.29. The molecule has 2 N–H and O–H groups in total. The van der Waals surface area contributed by atoms with E-state index in [2.05, 4.69) is 9.97 Å². The smallest absolute Gasteiger partial charge is 0.220 e. The van der Waals surface area contributed by atoms with Crippen LogP contribution in [0.3, 0.4) is 0 Å². The molecule has 1 atom stereocenters. The van der Waals surface area contributed by atoms with Crippen LogP contribution < -0.4 is 5.73 Å². The van der Waals surface area contributed by atoms with Crippen LogP contribution in [-0.2, 0) is 6.42 Å². The minimum atomic E-state index is 0.0868. The van der Waals surface area contributed by atoms with Crippen LogP contribution in [0.15, 0.2) is 24.3 Å². The number of nitrogens with two attached hydrogens (primary N) is 1. The Kier molecular flexibility index (Phi) is 3.18. The number of rotatable bonds is 1. The summed E-state index contributed by atoms with van der Waals surface area (Å²) >= 11 is 5.90. The van der Waals surface area contributed by atoms with E-state index >= 15 is 0 Å². The van der Waals surface area contributed by atoms with Crippen LogP contribution in [0, 0.1) is 6.92 Å². The van der Waals surface area contributed by atoms with Gasteiger partial charge in [-0.3, -0.25) is 4.79 Å². The summed E-state index contributed by atoms with van der Waals surface area (Å²) in [6, 6.07) is 7.61. The van der Waals surface area contributed by atoms with Gasteiger partial charge < -0.3 is 5.73 Å². The Morgan fingerprint density at radius 2 is 1.90 bits per heavy atom. The third kappa shape index (κ3) is 2.27. The van der Waals surface area contributed by atoms with E-state index < -0.39 is 0 Å². The van der Waals surface area contributed by atoms with Gasteiger partial charge >= 0.3 is 0 Å². The highest BCUT2D eigenvalue weighted by molar-refractivity contribution is 6.30. The van der Waals surface area contributed by atoms with E-state index in [1.54, 1.807) is 6.92 Å². The van der Waals surface area contributed by atoms with Gasteiger partial charge in [0.1, 0.15) is 0 Å². The average Bonchev–Trinajstić information content (AvgIpc) is 2.38. The summed E-state index contributed by atoms with van der Waals surface area (Å²) in [5.41, 5.74) is 8.85. The van der Waals surface area contributed by atoms with E-state index in [1.807, 2.05) is 24.3 Å². The van der Waals surface area contributed by atoms with Crippen LogP contribution in [0.2, 0.25) is 5.02 Å². The number of carbonyl (C=O) groups is 1. The number of ketones is 1. The number of hydrogen-bond acceptors (Lipinski definition) is 4. The molecule has 0 aliphatic heterocycles. The molecule has 0 amide bonds. The zero-order chi connectivity index (χ0) is 14.3. The second-order valence-corrected chi connectivity index (χ2v) is 5.51. The molecule has 0 spiro atoms. The van der Waals surface area contributed by atoms with Gasteiger partial charge in [-0.15, -0.1) is 0 Å². The minimum Gasteiger partial charge on any atom is -0.368 e. The monoisotopic (exact) mass is 287 g/mol. The molecule has 0 radical (unpaired) electrons. The number of aryl methyl sites for hydroxylation is 1. The van der Waals surface area contributed by atoms with Crippen LogP contribution in [0.25, 0.3) is 0 Å². The molecule has 5 heteroatoms. The second-order valence-electron chi connectivity index (χ2n) is 5.07. The molecular formula is C15H14ClN3O.